The Labute approximate surface area is 93.9 Å². The monoisotopic (exact) mass is 214 g/mol. The van der Waals surface area contributed by atoms with Crippen LogP contribution in [0.25, 0.3) is 0 Å². The second-order valence-electron chi connectivity index (χ2n) is 5.81. The molecule has 1 aliphatic rings. The van der Waals surface area contributed by atoms with Crippen molar-refractivity contribution < 1.29 is 5.11 Å². The number of hydrogen-bond donors (Lipinski definition) is 2. The van der Waals surface area contributed by atoms with Crippen LogP contribution in [0.3, 0.4) is 0 Å². The first-order chi connectivity index (χ1) is 6.88. The Balaban J connectivity index is 2.17. The molecule has 1 aliphatic heterocycles. The molecule has 0 aromatic heterocycles. The molecule has 3 heteroatoms. The molecular weight excluding hydrogens is 188 g/mol. The SMILES string of the molecule is CC1CCN(CCNC(C)(C)C)CC1O. The third-order valence-corrected chi connectivity index (χ3v) is 3.09. The summed E-state index contributed by atoms with van der Waals surface area (Å²) < 4.78 is 0. The van der Waals surface area contributed by atoms with Crippen molar-refractivity contribution in [1.82, 2.24) is 10.2 Å². The molecule has 15 heavy (non-hydrogen) atoms. The van der Waals surface area contributed by atoms with Crippen molar-refractivity contribution in [3.63, 3.8) is 0 Å². The van der Waals surface area contributed by atoms with Gasteiger partial charge in [0.15, 0.2) is 0 Å². The van der Waals surface area contributed by atoms with Crippen LogP contribution < -0.4 is 5.32 Å². The lowest BCUT2D eigenvalue weighted by Gasteiger charge is -2.34. The fourth-order valence-corrected chi connectivity index (χ4v) is 1.91. The molecule has 1 saturated heterocycles. The number of rotatable bonds is 3. The molecule has 1 heterocycles. The fourth-order valence-electron chi connectivity index (χ4n) is 1.91. The average molecular weight is 214 g/mol. The van der Waals surface area contributed by atoms with Gasteiger partial charge in [-0.25, -0.2) is 0 Å². The zero-order valence-corrected chi connectivity index (χ0v) is 10.6. The number of hydrogen-bond acceptors (Lipinski definition) is 3. The van der Waals surface area contributed by atoms with Crippen LogP contribution in [0.4, 0.5) is 0 Å². The van der Waals surface area contributed by atoms with Crippen molar-refractivity contribution >= 4 is 0 Å². The highest BCUT2D eigenvalue weighted by Crippen LogP contribution is 2.16. The number of likely N-dealkylation sites (tertiary alicyclic amines) is 1. The molecule has 1 rings (SSSR count). The highest BCUT2D eigenvalue weighted by Gasteiger charge is 2.23. The zero-order chi connectivity index (χ0) is 11.5. The van der Waals surface area contributed by atoms with E-state index >= 15 is 0 Å². The Morgan fingerprint density at radius 3 is 2.60 bits per heavy atom. The summed E-state index contributed by atoms with van der Waals surface area (Å²) in [7, 11) is 0. The van der Waals surface area contributed by atoms with Crippen LogP contribution in [0.2, 0.25) is 0 Å². The van der Waals surface area contributed by atoms with Crippen LogP contribution in [-0.2, 0) is 0 Å². The highest BCUT2D eigenvalue weighted by molar-refractivity contribution is 4.78. The van der Waals surface area contributed by atoms with Gasteiger partial charge >= 0.3 is 0 Å². The maximum Gasteiger partial charge on any atom is 0.0693 e. The van der Waals surface area contributed by atoms with E-state index in [1.165, 1.54) is 0 Å². The van der Waals surface area contributed by atoms with E-state index in [-0.39, 0.29) is 11.6 Å². The van der Waals surface area contributed by atoms with Crippen molar-refractivity contribution in [2.45, 2.75) is 45.8 Å². The summed E-state index contributed by atoms with van der Waals surface area (Å²) >= 11 is 0. The Kier molecular flexibility index (Phi) is 4.56. The summed E-state index contributed by atoms with van der Waals surface area (Å²) in [4.78, 5) is 2.35. The van der Waals surface area contributed by atoms with Crippen LogP contribution in [0, 0.1) is 5.92 Å². The lowest BCUT2D eigenvalue weighted by molar-refractivity contribution is 0.0292. The minimum atomic E-state index is -0.131. The Morgan fingerprint density at radius 1 is 1.40 bits per heavy atom. The minimum Gasteiger partial charge on any atom is -0.392 e. The van der Waals surface area contributed by atoms with E-state index in [0.717, 1.165) is 32.6 Å². The molecule has 3 nitrogen and oxygen atoms in total. The molecule has 2 N–H and O–H groups in total. The van der Waals surface area contributed by atoms with Crippen molar-refractivity contribution in [3.05, 3.63) is 0 Å². The topological polar surface area (TPSA) is 35.5 Å². The number of aliphatic hydroxyl groups excluding tert-OH is 1. The van der Waals surface area contributed by atoms with E-state index in [2.05, 4.69) is 37.9 Å². The van der Waals surface area contributed by atoms with E-state index in [0.29, 0.717) is 5.92 Å². The summed E-state index contributed by atoms with van der Waals surface area (Å²) in [5, 5.41) is 13.2. The van der Waals surface area contributed by atoms with Gasteiger partial charge in [-0.2, -0.15) is 0 Å². The Hall–Kier alpha value is -0.120. The minimum absolute atomic E-state index is 0.131. The van der Waals surface area contributed by atoms with Gasteiger partial charge in [0.2, 0.25) is 0 Å². The summed E-state index contributed by atoms with van der Waals surface area (Å²) in [5.74, 6) is 0.469. The van der Waals surface area contributed by atoms with E-state index in [4.69, 9.17) is 0 Å². The van der Waals surface area contributed by atoms with E-state index in [1.54, 1.807) is 0 Å². The molecule has 0 spiro atoms. The first kappa shape index (κ1) is 12.9. The Morgan fingerprint density at radius 2 is 2.07 bits per heavy atom. The average Bonchev–Trinajstić information content (AvgIpc) is 2.09. The number of β-amino-alcohol motifs (C(OH)–C–C–N with tert-alkyl or cyclic N) is 1. The van der Waals surface area contributed by atoms with Crippen molar-refractivity contribution in [3.8, 4) is 0 Å². The quantitative estimate of drug-likeness (QED) is 0.738. The largest absolute Gasteiger partial charge is 0.392 e. The summed E-state index contributed by atoms with van der Waals surface area (Å²) in [5.41, 5.74) is 0.196. The maximum absolute atomic E-state index is 9.75. The molecule has 0 amide bonds. The van der Waals surface area contributed by atoms with E-state index in [9.17, 15) is 5.11 Å². The first-order valence-electron chi connectivity index (χ1n) is 6.04. The normalized spacial score (nSPS) is 29.4. The van der Waals surface area contributed by atoms with Gasteiger partial charge in [0, 0.05) is 25.2 Å². The van der Waals surface area contributed by atoms with Gasteiger partial charge < -0.3 is 10.4 Å². The second-order valence-corrected chi connectivity index (χ2v) is 5.81. The third kappa shape index (κ3) is 4.96. The number of nitrogens with zero attached hydrogens (tertiary/aromatic N) is 1. The molecule has 90 valence electrons. The third-order valence-electron chi connectivity index (χ3n) is 3.09. The van der Waals surface area contributed by atoms with Gasteiger partial charge in [0.05, 0.1) is 6.10 Å². The molecule has 0 aromatic rings. The molecule has 1 fully saturated rings. The molecule has 0 radical (unpaired) electrons. The summed E-state index contributed by atoms with van der Waals surface area (Å²) in [6.45, 7) is 12.7. The molecule has 0 aliphatic carbocycles. The van der Waals surface area contributed by atoms with Gasteiger partial charge in [0.1, 0.15) is 0 Å². The van der Waals surface area contributed by atoms with Crippen LogP contribution in [0.1, 0.15) is 34.1 Å². The van der Waals surface area contributed by atoms with E-state index < -0.39 is 0 Å². The van der Waals surface area contributed by atoms with Gasteiger partial charge in [0.25, 0.3) is 0 Å². The molecular formula is C12H26N2O. The maximum atomic E-state index is 9.75. The molecule has 2 unspecified atom stereocenters. The van der Waals surface area contributed by atoms with Gasteiger partial charge in [-0.3, -0.25) is 4.90 Å². The van der Waals surface area contributed by atoms with Crippen LogP contribution in [-0.4, -0.2) is 47.8 Å². The Bertz CT molecular complexity index is 189. The first-order valence-corrected chi connectivity index (χ1v) is 6.04. The predicted octanol–water partition coefficient (Wildman–Crippen LogP) is 1.08. The van der Waals surface area contributed by atoms with Crippen LogP contribution >= 0.6 is 0 Å². The second kappa shape index (κ2) is 5.28. The van der Waals surface area contributed by atoms with Crippen LogP contribution in [0.15, 0.2) is 0 Å². The molecule has 0 bridgehead atoms. The molecule has 0 aromatic carbocycles. The number of nitrogens with one attached hydrogen (secondary N) is 1. The molecule has 2 atom stereocenters. The number of aliphatic hydroxyl groups is 1. The van der Waals surface area contributed by atoms with Gasteiger partial charge in [-0.15, -0.1) is 0 Å². The smallest absolute Gasteiger partial charge is 0.0693 e. The molecule has 0 saturated carbocycles. The fraction of sp³-hybridized carbons (Fsp3) is 1.00. The lowest BCUT2D eigenvalue weighted by Crippen LogP contribution is -2.47. The van der Waals surface area contributed by atoms with Crippen molar-refractivity contribution in [2.24, 2.45) is 5.92 Å². The number of piperidine rings is 1. The van der Waals surface area contributed by atoms with Crippen molar-refractivity contribution in [1.29, 1.82) is 0 Å². The standard InChI is InChI=1S/C12H26N2O/c1-10-5-7-14(9-11(10)15)8-6-13-12(2,3)4/h10-11,13,15H,5-9H2,1-4H3. The zero-order valence-electron chi connectivity index (χ0n) is 10.6. The van der Waals surface area contributed by atoms with Gasteiger partial charge in [-0.05, 0) is 39.7 Å². The van der Waals surface area contributed by atoms with Crippen molar-refractivity contribution in [2.75, 3.05) is 26.2 Å². The lowest BCUT2D eigenvalue weighted by atomic mass is 9.96. The van der Waals surface area contributed by atoms with E-state index in [1.807, 2.05) is 0 Å². The van der Waals surface area contributed by atoms with Crippen LogP contribution in [0.5, 0.6) is 0 Å². The highest BCUT2D eigenvalue weighted by atomic mass is 16.3. The van der Waals surface area contributed by atoms with Gasteiger partial charge in [-0.1, -0.05) is 6.92 Å². The summed E-state index contributed by atoms with van der Waals surface area (Å²) in [6, 6.07) is 0. The summed E-state index contributed by atoms with van der Waals surface area (Å²) in [6.07, 6.45) is 0.991. The predicted molar refractivity (Wildman–Crippen MR) is 64.0 cm³/mol.